The number of methoxy groups -OCH3 is 1. The van der Waals surface area contributed by atoms with Crippen LogP contribution in [0.4, 0.5) is 4.39 Å². The van der Waals surface area contributed by atoms with Gasteiger partial charge in [-0.15, -0.1) is 0 Å². The van der Waals surface area contributed by atoms with Crippen LogP contribution in [0.15, 0.2) is 40.9 Å². The maximum Gasteiger partial charge on any atom is 0.162 e. The van der Waals surface area contributed by atoms with Crippen LogP contribution in [0.5, 0.6) is 11.5 Å². The quantitative estimate of drug-likeness (QED) is 0.653. The first-order valence-corrected chi connectivity index (χ1v) is 8.95. The average Bonchev–Trinajstić information content (AvgIpc) is 2.63. The van der Waals surface area contributed by atoms with Gasteiger partial charge in [-0.2, -0.15) is 0 Å². The number of hydrogen-bond donors (Lipinski definition) is 2. The molecule has 25 heavy (non-hydrogen) atoms. The molecule has 4 nitrogen and oxygen atoms in total. The van der Waals surface area contributed by atoms with Gasteiger partial charge in [0.25, 0.3) is 0 Å². The first-order chi connectivity index (χ1) is 12.1. The number of rotatable bonds is 9. The van der Waals surface area contributed by atoms with Crippen molar-refractivity contribution in [1.29, 1.82) is 0 Å². The minimum absolute atomic E-state index is 0.0508. The highest BCUT2D eigenvalue weighted by Gasteiger charge is 2.13. The van der Waals surface area contributed by atoms with Crippen LogP contribution < -0.4 is 14.8 Å². The Bertz CT molecular complexity index is 692. The molecule has 0 heterocycles. The monoisotopic (exact) mass is 411 g/mol. The Hall–Kier alpha value is -1.63. The smallest absolute Gasteiger partial charge is 0.162 e. The van der Waals surface area contributed by atoms with Crippen LogP contribution in [0.1, 0.15) is 24.5 Å². The Kier molecular flexibility index (Phi) is 7.68. The molecule has 0 spiro atoms. The second kappa shape index (κ2) is 9.75. The van der Waals surface area contributed by atoms with Gasteiger partial charge in [0.15, 0.2) is 11.5 Å². The van der Waals surface area contributed by atoms with Gasteiger partial charge in [0.2, 0.25) is 0 Å². The van der Waals surface area contributed by atoms with Crippen molar-refractivity contribution in [2.45, 2.75) is 32.5 Å². The van der Waals surface area contributed by atoms with Crippen molar-refractivity contribution in [2.24, 2.45) is 0 Å². The van der Waals surface area contributed by atoms with Gasteiger partial charge in [0.1, 0.15) is 12.4 Å². The molecule has 6 heteroatoms. The standard InChI is InChI=1S/C19H23BrFNO3/c1-3-15(11-23)22-10-14-8-18(24-2)19(9-16(14)20)25-12-13-6-4-5-7-17(13)21/h4-9,15,22-23H,3,10-12H2,1-2H3. The minimum atomic E-state index is -0.295. The number of benzene rings is 2. The van der Waals surface area contributed by atoms with Crippen molar-refractivity contribution in [3.05, 3.63) is 57.8 Å². The largest absolute Gasteiger partial charge is 0.493 e. The molecule has 2 rings (SSSR count). The molecule has 1 atom stereocenters. The lowest BCUT2D eigenvalue weighted by Crippen LogP contribution is -2.31. The molecule has 0 aliphatic heterocycles. The summed E-state index contributed by atoms with van der Waals surface area (Å²) in [5.41, 5.74) is 1.47. The molecule has 2 aromatic rings. The van der Waals surface area contributed by atoms with E-state index in [-0.39, 0.29) is 25.1 Å². The average molecular weight is 412 g/mol. The van der Waals surface area contributed by atoms with E-state index < -0.39 is 0 Å². The fraction of sp³-hybridized carbons (Fsp3) is 0.368. The van der Waals surface area contributed by atoms with Gasteiger partial charge in [-0.3, -0.25) is 0 Å². The van der Waals surface area contributed by atoms with E-state index in [4.69, 9.17) is 9.47 Å². The number of ether oxygens (including phenoxy) is 2. The first kappa shape index (κ1) is 19.7. The van der Waals surface area contributed by atoms with Crippen molar-refractivity contribution in [3.8, 4) is 11.5 Å². The third-order valence-corrected chi connectivity index (χ3v) is 4.71. The second-order valence-electron chi connectivity index (χ2n) is 5.64. The van der Waals surface area contributed by atoms with E-state index in [0.29, 0.717) is 23.6 Å². The maximum absolute atomic E-state index is 13.7. The zero-order valence-electron chi connectivity index (χ0n) is 14.4. The molecule has 0 aliphatic rings. The summed E-state index contributed by atoms with van der Waals surface area (Å²) in [4.78, 5) is 0. The van der Waals surface area contributed by atoms with Gasteiger partial charge < -0.3 is 19.9 Å². The van der Waals surface area contributed by atoms with Crippen LogP contribution >= 0.6 is 15.9 Å². The molecule has 0 fully saturated rings. The topological polar surface area (TPSA) is 50.7 Å². The minimum Gasteiger partial charge on any atom is -0.493 e. The summed E-state index contributed by atoms with van der Waals surface area (Å²) in [6.07, 6.45) is 0.842. The summed E-state index contributed by atoms with van der Waals surface area (Å²) in [6, 6.07) is 10.3. The molecular weight excluding hydrogens is 389 g/mol. The van der Waals surface area contributed by atoms with Gasteiger partial charge in [-0.1, -0.05) is 41.1 Å². The lowest BCUT2D eigenvalue weighted by atomic mass is 10.1. The Labute approximate surface area is 156 Å². The number of halogens is 2. The molecule has 2 aromatic carbocycles. The first-order valence-electron chi connectivity index (χ1n) is 8.15. The van der Waals surface area contributed by atoms with E-state index in [1.807, 2.05) is 19.1 Å². The zero-order valence-corrected chi connectivity index (χ0v) is 16.0. The van der Waals surface area contributed by atoms with Gasteiger partial charge in [0.05, 0.1) is 13.7 Å². The highest BCUT2D eigenvalue weighted by molar-refractivity contribution is 9.10. The number of hydrogen-bond acceptors (Lipinski definition) is 4. The lowest BCUT2D eigenvalue weighted by Gasteiger charge is -2.17. The summed E-state index contributed by atoms with van der Waals surface area (Å²) >= 11 is 3.53. The molecule has 0 aliphatic carbocycles. The number of nitrogens with one attached hydrogen (secondary N) is 1. The van der Waals surface area contributed by atoms with Crippen LogP contribution in [-0.2, 0) is 13.2 Å². The van der Waals surface area contributed by atoms with Gasteiger partial charge in [-0.05, 0) is 30.2 Å². The van der Waals surface area contributed by atoms with Crippen molar-refractivity contribution in [3.63, 3.8) is 0 Å². The molecule has 1 unspecified atom stereocenters. The van der Waals surface area contributed by atoms with Crippen LogP contribution in [-0.4, -0.2) is 24.9 Å². The van der Waals surface area contributed by atoms with Crippen LogP contribution in [0.3, 0.4) is 0 Å². The molecule has 0 aromatic heterocycles. The molecule has 0 saturated heterocycles. The Balaban J connectivity index is 2.11. The fourth-order valence-electron chi connectivity index (χ4n) is 2.35. The molecule has 0 amide bonds. The summed E-state index contributed by atoms with van der Waals surface area (Å²) in [5, 5.41) is 12.6. The van der Waals surface area contributed by atoms with Crippen molar-refractivity contribution in [1.82, 2.24) is 5.32 Å². The van der Waals surface area contributed by atoms with Crippen LogP contribution in [0.2, 0.25) is 0 Å². The summed E-state index contributed by atoms with van der Waals surface area (Å²) in [6.45, 7) is 2.82. The summed E-state index contributed by atoms with van der Waals surface area (Å²) in [5.74, 6) is 0.819. The summed E-state index contributed by atoms with van der Waals surface area (Å²) < 4.78 is 25.7. The highest BCUT2D eigenvalue weighted by atomic mass is 79.9. The lowest BCUT2D eigenvalue weighted by molar-refractivity contribution is 0.238. The molecule has 0 saturated carbocycles. The predicted octanol–water partition coefficient (Wildman–Crippen LogP) is 4.04. The Morgan fingerprint density at radius 2 is 1.96 bits per heavy atom. The van der Waals surface area contributed by atoms with Gasteiger partial charge >= 0.3 is 0 Å². The van der Waals surface area contributed by atoms with Crippen molar-refractivity contribution < 1.29 is 19.0 Å². The van der Waals surface area contributed by atoms with E-state index >= 15 is 0 Å². The Morgan fingerprint density at radius 1 is 1.20 bits per heavy atom. The van der Waals surface area contributed by atoms with Gasteiger partial charge in [0, 0.05) is 22.6 Å². The highest BCUT2D eigenvalue weighted by Crippen LogP contribution is 2.34. The third-order valence-electron chi connectivity index (χ3n) is 3.97. The number of aliphatic hydroxyl groups is 1. The molecule has 0 radical (unpaired) electrons. The Morgan fingerprint density at radius 3 is 2.60 bits per heavy atom. The molecular formula is C19H23BrFNO3. The fourth-order valence-corrected chi connectivity index (χ4v) is 2.81. The van der Waals surface area contributed by atoms with E-state index in [0.717, 1.165) is 16.5 Å². The maximum atomic E-state index is 13.7. The molecule has 136 valence electrons. The SMILES string of the molecule is CCC(CO)NCc1cc(OC)c(OCc2ccccc2F)cc1Br. The third kappa shape index (κ3) is 5.42. The predicted molar refractivity (Wildman–Crippen MR) is 99.4 cm³/mol. The van der Waals surface area contributed by atoms with E-state index in [2.05, 4.69) is 21.2 Å². The summed E-state index contributed by atoms with van der Waals surface area (Å²) in [7, 11) is 1.57. The van der Waals surface area contributed by atoms with Gasteiger partial charge in [-0.25, -0.2) is 4.39 Å². The molecule has 2 N–H and O–H groups in total. The van der Waals surface area contributed by atoms with Crippen LogP contribution in [0, 0.1) is 5.82 Å². The van der Waals surface area contributed by atoms with Crippen LogP contribution in [0.25, 0.3) is 0 Å². The molecule has 0 bridgehead atoms. The van der Waals surface area contributed by atoms with E-state index in [9.17, 15) is 9.50 Å². The number of aliphatic hydroxyl groups excluding tert-OH is 1. The van der Waals surface area contributed by atoms with Crippen molar-refractivity contribution >= 4 is 15.9 Å². The van der Waals surface area contributed by atoms with Crippen molar-refractivity contribution in [2.75, 3.05) is 13.7 Å². The normalized spacial score (nSPS) is 12.0. The van der Waals surface area contributed by atoms with E-state index in [1.165, 1.54) is 6.07 Å². The van der Waals surface area contributed by atoms with E-state index in [1.54, 1.807) is 25.3 Å². The second-order valence-corrected chi connectivity index (χ2v) is 6.50. The zero-order chi connectivity index (χ0) is 18.2.